The SMILES string of the molecule is CC/C=C\C/C=C\C/C=C\C/C=C\C/C=C\CC(=O)OC(COC(=O)CCCCCCCCCCCCCCCCCCCCCCCCCCCCCCCCCCC)COP(=O)(O)OCCN. The number of phosphoric ester groups is 1. The zero-order valence-electron chi connectivity index (χ0n) is 44.8. The highest BCUT2D eigenvalue weighted by Crippen LogP contribution is 2.43. The van der Waals surface area contributed by atoms with Crippen LogP contribution in [0.4, 0.5) is 0 Å². The molecule has 0 aliphatic heterocycles. The fourth-order valence-electron chi connectivity index (χ4n) is 8.24. The number of carbonyl (C=O) groups excluding carboxylic acids is 2. The van der Waals surface area contributed by atoms with Gasteiger partial charge in [0.05, 0.1) is 19.6 Å². The molecule has 0 fully saturated rings. The van der Waals surface area contributed by atoms with Gasteiger partial charge < -0.3 is 20.1 Å². The highest BCUT2D eigenvalue weighted by Gasteiger charge is 2.25. The second kappa shape index (κ2) is 55.0. The van der Waals surface area contributed by atoms with Crippen molar-refractivity contribution in [1.29, 1.82) is 0 Å². The van der Waals surface area contributed by atoms with E-state index in [-0.39, 0.29) is 32.6 Å². The second-order valence-corrected chi connectivity index (χ2v) is 20.6. The molecule has 0 bridgehead atoms. The number of unbranched alkanes of at least 4 members (excludes halogenated alkanes) is 32. The van der Waals surface area contributed by atoms with E-state index in [2.05, 4.69) is 56.4 Å². The average molecular weight is 990 g/mol. The van der Waals surface area contributed by atoms with Crippen molar-refractivity contribution < 1.29 is 37.6 Å². The quantitative estimate of drug-likeness (QED) is 0.0264. The Hall–Kier alpha value is -2.29. The van der Waals surface area contributed by atoms with Gasteiger partial charge in [-0.15, -0.1) is 0 Å². The summed E-state index contributed by atoms with van der Waals surface area (Å²) in [5.41, 5.74) is 5.36. The Bertz CT molecular complexity index is 1310. The van der Waals surface area contributed by atoms with Crippen molar-refractivity contribution in [2.45, 2.75) is 277 Å². The van der Waals surface area contributed by atoms with Crippen LogP contribution in [0.5, 0.6) is 0 Å². The maximum absolute atomic E-state index is 12.6. The van der Waals surface area contributed by atoms with Crippen molar-refractivity contribution in [3.05, 3.63) is 60.8 Å². The summed E-state index contributed by atoms with van der Waals surface area (Å²) in [5, 5.41) is 0. The van der Waals surface area contributed by atoms with E-state index in [1.807, 2.05) is 12.2 Å². The number of esters is 2. The van der Waals surface area contributed by atoms with E-state index in [1.165, 1.54) is 193 Å². The van der Waals surface area contributed by atoms with Crippen LogP contribution in [-0.2, 0) is 32.7 Å². The Balaban J connectivity index is 3.87. The fraction of sp³-hybridized carbons (Fsp3) is 0.797. The van der Waals surface area contributed by atoms with Gasteiger partial charge in [0.1, 0.15) is 6.61 Å². The first-order valence-corrected chi connectivity index (χ1v) is 30.3. The molecule has 0 saturated carbocycles. The van der Waals surface area contributed by atoms with Gasteiger partial charge >= 0.3 is 19.8 Å². The van der Waals surface area contributed by atoms with Crippen molar-refractivity contribution in [3.63, 3.8) is 0 Å². The molecule has 2 unspecified atom stereocenters. The minimum absolute atomic E-state index is 0.00184. The standard InChI is InChI=1S/C59H108NO8P/c1-3-5-7-9-11-13-15-17-19-20-21-22-23-24-25-26-27-28-29-30-31-32-33-34-35-36-38-39-41-43-45-47-49-51-58(61)65-55-57(56-67-69(63,64)66-54-53-60)68-59(62)52-50-48-46-44-42-40-37-18-16-14-12-10-8-6-4-2/h6,8,12,14,18,37,42,44,48,50,57H,3-5,7,9-11,13,15-17,19-36,38-41,43,45-47,49,51-56,60H2,1-2H3,(H,63,64)/b8-6-,14-12-,37-18-,44-42-,50-48-. The molecule has 0 amide bonds. The van der Waals surface area contributed by atoms with Crippen LogP contribution < -0.4 is 5.73 Å². The Labute approximate surface area is 425 Å². The van der Waals surface area contributed by atoms with Gasteiger partial charge in [-0.2, -0.15) is 0 Å². The summed E-state index contributed by atoms with van der Waals surface area (Å²) in [6, 6.07) is 0. The van der Waals surface area contributed by atoms with Gasteiger partial charge in [-0.1, -0.05) is 280 Å². The molecule has 402 valence electrons. The van der Waals surface area contributed by atoms with E-state index in [0.717, 1.165) is 44.9 Å². The van der Waals surface area contributed by atoms with Crippen LogP contribution in [0.3, 0.4) is 0 Å². The summed E-state index contributed by atoms with van der Waals surface area (Å²) in [6.07, 6.45) is 69.2. The molecule has 0 spiro atoms. The summed E-state index contributed by atoms with van der Waals surface area (Å²) in [4.78, 5) is 35.0. The van der Waals surface area contributed by atoms with Crippen molar-refractivity contribution >= 4 is 19.8 Å². The van der Waals surface area contributed by atoms with E-state index in [0.29, 0.717) is 6.42 Å². The largest absolute Gasteiger partial charge is 0.472 e. The molecule has 2 atom stereocenters. The summed E-state index contributed by atoms with van der Waals surface area (Å²) >= 11 is 0. The molecule has 0 heterocycles. The number of hydrogen-bond acceptors (Lipinski definition) is 8. The van der Waals surface area contributed by atoms with Crippen LogP contribution in [0.2, 0.25) is 0 Å². The van der Waals surface area contributed by atoms with E-state index in [1.54, 1.807) is 6.08 Å². The molecule has 0 aromatic heterocycles. The molecule has 0 radical (unpaired) electrons. The summed E-state index contributed by atoms with van der Waals surface area (Å²) in [5.74, 6) is -0.968. The Morgan fingerprint density at radius 3 is 1.13 bits per heavy atom. The average Bonchev–Trinajstić information content (AvgIpc) is 3.34. The molecule has 10 heteroatoms. The van der Waals surface area contributed by atoms with E-state index in [4.69, 9.17) is 24.3 Å². The van der Waals surface area contributed by atoms with Gasteiger partial charge in [-0.25, -0.2) is 4.57 Å². The molecule has 0 rings (SSSR count). The number of carbonyl (C=O) groups is 2. The van der Waals surface area contributed by atoms with Crippen molar-refractivity contribution in [2.24, 2.45) is 5.73 Å². The van der Waals surface area contributed by atoms with Gasteiger partial charge in [0.25, 0.3) is 0 Å². The summed E-state index contributed by atoms with van der Waals surface area (Å²) < 4.78 is 32.8. The van der Waals surface area contributed by atoms with Crippen LogP contribution in [0.15, 0.2) is 60.8 Å². The van der Waals surface area contributed by atoms with Gasteiger partial charge in [-0.3, -0.25) is 18.6 Å². The van der Waals surface area contributed by atoms with Gasteiger partial charge in [0, 0.05) is 13.0 Å². The number of hydrogen-bond donors (Lipinski definition) is 2. The normalized spacial score (nSPS) is 13.5. The van der Waals surface area contributed by atoms with Gasteiger partial charge in [0.15, 0.2) is 6.10 Å². The first-order chi connectivity index (χ1) is 33.8. The summed E-state index contributed by atoms with van der Waals surface area (Å²) in [6.45, 7) is 3.54. The molecule has 0 aromatic rings. The summed E-state index contributed by atoms with van der Waals surface area (Å²) in [7, 11) is -4.41. The first kappa shape index (κ1) is 66.7. The smallest absolute Gasteiger partial charge is 0.462 e. The van der Waals surface area contributed by atoms with Crippen LogP contribution in [-0.4, -0.2) is 49.3 Å². The maximum Gasteiger partial charge on any atom is 0.472 e. The predicted octanol–water partition coefficient (Wildman–Crippen LogP) is 18.0. The number of phosphoric acid groups is 1. The lowest BCUT2D eigenvalue weighted by Crippen LogP contribution is -2.29. The van der Waals surface area contributed by atoms with Crippen molar-refractivity contribution in [3.8, 4) is 0 Å². The third-order valence-corrected chi connectivity index (χ3v) is 13.4. The molecular weight excluding hydrogens is 882 g/mol. The maximum atomic E-state index is 12.6. The lowest BCUT2D eigenvalue weighted by atomic mass is 10.0. The zero-order valence-corrected chi connectivity index (χ0v) is 45.7. The molecular formula is C59H108NO8P. The lowest BCUT2D eigenvalue weighted by Gasteiger charge is -2.19. The highest BCUT2D eigenvalue weighted by molar-refractivity contribution is 7.47. The molecule has 0 aliphatic rings. The van der Waals surface area contributed by atoms with Crippen molar-refractivity contribution in [1.82, 2.24) is 0 Å². The Morgan fingerprint density at radius 1 is 0.449 bits per heavy atom. The van der Waals surface area contributed by atoms with Gasteiger partial charge in [0.2, 0.25) is 0 Å². The van der Waals surface area contributed by atoms with Crippen LogP contribution in [0, 0.1) is 0 Å². The zero-order chi connectivity index (χ0) is 50.2. The minimum atomic E-state index is -4.41. The highest BCUT2D eigenvalue weighted by atomic mass is 31.2. The molecule has 9 nitrogen and oxygen atoms in total. The number of nitrogens with two attached hydrogens (primary N) is 1. The van der Waals surface area contributed by atoms with E-state index >= 15 is 0 Å². The van der Waals surface area contributed by atoms with E-state index in [9.17, 15) is 19.0 Å². The second-order valence-electron chi connectivity index (χ2n) is 19.2. The topological polar surface area (TPSA) is 134 Å². The van der Waals surface area contributed by atoms with Crippen LogP contribution >= 0.6 is 7.82 Å². The number of rotatable bonds is 54. The van der Waals surface area contributed by atoms with Crippen LogP contribution in [0.1, 0.15) is 271 Å². The first-order valence-electron chi connectivity index (χ1n) is 28.8. The third kappa shape index (κ3) is 54.9. The van der Waals surface area contributed by atoms with E-state index < -0.39 is 32.5 Å². The minimum Gasteiger partial charge on any atom is -0.462 e. The molecule has 0 aromatic carbocycles. The molecule has 0 aliphatic carbocycles. The number of allylic oxidation sites excluding steroid dienone is 9. The molecule has 69 heavy (non-hydrogen) atoms. The predicted molar refractivity (Wildman–Crippen MR) is 293 cm³/mol. The third-order valence-electron chi connectivity index (χ3n) is 12.5. The fourth-order valence-corrected chi connectivity index (χ4v) is 9.01. The molecule has 3 N–H and O–H groups in total. The monoisotopic (exact) mass is 990 g/mol. The number of ether oxygens (including phenoxy) is 2. The Kier molecular flexibility index (Phi) is 53.2. The van der Waals surface area contributed by atoms with Gasteiger partial charge in [-0.05, 0) is 38.5 Å². The van der Waals surface area contributed by atoms with Crippen molar-refractivity contribution in [2.75, 3.05) is 26.4 Å². The molecule has 0 saturated heterocycles. The Morgan fingerprint density at radius 2 is 0.783 bits per heavy atom. The lowest BCUT2D eigenvalue weighted by molar-refractivity contribution is -0.160. The van der Waals surface area contributed by atoms with Crippen LogP contribution in [0.25, 0.3) is 0 Å².